The summed E-state index contributed by atoms with van der Waals surface area (Å²) in [5.74, 6) is -0.973. The van der Waals surface area contributed by atoms with Crippen molar-refractivity contribution >= 4 is 12.0 Å². The van der Waals surface area contributed by atoms with Crippen molar-refractivity contribution in [3.63, 3.8) is 0 Å². The van der Waals surface area contributed by atoms with Crippen molar-refractivity contribution in [2.24, 2.45) is 0 Å². The first-order valence-corrected chi connectivity index (χ1v) is 3.59. The van der Waals surface area contributed by atoms with Crippen LogP contribution < -0.4 is 16.8 Å². The van der Waals surface area contributed by atoms with Gasteiger partial charge in [-0.05, 0) is 0 Å². The second kappa shape index (κ2) is 3.73. The van der Waals surface area contributed by atoms with Gasteiger partial charge in [-0.1, -0.05) is 0 Å². The maximum absolute atomic E-state index is 11.0. The molecule has 0 radical (unpaired) electrons. The van der Waals surface area contributed by atoms with E-state index in [0.29, 0.717) is 0 Å². The number of urea groups is 1. The molecule has 1 aromatic heterocycles. The molecule has 0 aromatic carbocycles. The van der Waals surface area contributed by atoms with Crippen LogP contribution in [0.2, 0.25) is 0 Å². The van der Waals surface area contributed by atoms with Crippen LogP contribution in [-0.4, -0.2) is 35.0 Å². The monoisotopic (exact) mass is 200 g/mol. The highest BCUT2D eigenvalue weighted by molar-refractivity contribution is 5.86. The van der Waals surface area contributed by atoms with E-state index in [1.165, 1.54) is 19.0 Å². The Kier molecular flexibility index (Phi) is 2.65. The van der Waals surface area contributed by atoms with Crippen LogP contribution in [0.15, 0.2) is 14.0 Å². The molecule has 2 amide bonds. The van der Waals surface area contributed by atoms with E-state index in [9.17, 15) is 14.4 Å². The fraction of sp³-hybridized carbons (Fsp3) is 0.333. The Labute approximate surface area is 77.6 Å². The molecular formula is C6H8N4O4. The second-order valence-electron chi connectivity index (χ2n) is 2.56. The molecule has 0 bridgehead atoms. The Bertz CT molecular complexity index is 417. The van der Waals surface area contributed by atoms with Gasteiger partial charge in [-0.3, -0.25) is 5.32 Å². The van der Waals surface area contributed by atoms with Gasteiger partial charge in [-0.25, -0.2) is 19.4 Å². The Morgan fingerprint density at radius 2 is 2.14 bits per heavy atom. The van der Waals surface area contributed by atoms with Gasteiger partial charge in [0.25, 0.3) is 0 Å². The zero-order valence-corrected chi connectivity index (χ0v) is 7.53. The molecule has 0 spiro atoms. The third-order valence-corrected chi connectivity index (χ3v) is 1.22. The highest BCUT2D eigenvalue weighted by Crippen LogP contribution is 1.94. The highest BCUT2D eigenvalue weighted by atomic mass is 16.4. The van der Waals surface area contributed by atoms with Crippen LogP contribution in [0.5, 0.6) is 0 Å². The van der Waals surface area contributed by atoms with Crippen molar-refractivity contribution in [3.05, 3.63) is 21.0 Å². The van der Waals surface area contributed by atoms with Gasteiger partial charge in [-0.2, -0.15) is 0 Å². The average molecular weight is 200 g/mol. The first-order chi connectivity index (χ1) is 6.49. The first-order valence-electron chi connectivity index (χ1n) is 3.59. The number of carbonyl (C=O) groups is 1. The molecule has 8 nitrogen and oxygen atoms in total. The van der Waals surface area contributed by atoms with Crippen molar-refractivity contribution in [3.8, 4) is 0 Å². The number of aromatic nitrogens is 2. The molecule has 0 fully saturated rings. The van der Waals surface area contributed by atoms with E-state index >= 15 is 0 Å². The van der Waals surface area contributed by atoms with Gasteiger partial charge in [0.15, 0.2) is 0 Å². The third-order valence-electron chi connectivity index (χ3n) is 1.22. The minimum atomic E-state index is -0.973. The lowest BCUT2D eigenvalue weighted by molar-refractivity contribution is 0.229. The van der Waals surface area contributed by atoms with E-state index in [2.05, 4.69) is 14.7 Å². The molecule has 2 N–H and O–H groups in total. The van der Waals surface area contributed by atoms with Gasteiger partial charge in [0.2, 0.25) is 0 Å². The number of nitrogens with one attached hydrogen (secondary N) is 2. The second-order valence-corrected chi connectivity index (χ2v) is 2.56. The lowest BCUT2D eigenvalue weighted by Crippen LogP contribution is -2.30. The predicted octanol–water partition coefficient (Wildman–Crippen LogP) is -1.18. The number of anilines is 1. The molecule has 0 saturated heterocycles. The van der Waals surface area contributed by atoms with Crippen molar-refractivity contribution in [1.29, 1.82) is 0 Å². The molecule has 1 heterocycles. The zero-order chi connectivity index (χ0) is 10.7. The summed E-state index contributed by atoms with van der Waals surface area (Å²) in [7, 11) is 2.97. The van der Waals surface area contributed by atoms with E-state index < -0.39 is 23.5 Å². The summed E-state index contributed by atoms with van der Waals surface area (Å²) < 4.78 is 4.40. The summed E-state index contributed by atoms with van der Waals surface area (Å²) in [5, 5.41) is 2.11. The number of amides is 2. The normalized spacial score (nSPS) is 9.57. The maximum atomic E-state index is 11.0. The molecule has 1 aromatic rings. The van der Waals surface area contributed by atoms with Crippen molar-refractivity contribution in [1.82, 2.24) is 14.9 Å². The van der Waals surface area contributed by atoms with Crippen LogP contribution >= 0.6 is 0 Å². The van der Waals surface area contributed by atoms with Gasteiger partial charge in [-0.15, -0.1) is 4.98 Å². The Morgan fingerprint density at radius 3 is 2.64 bits per heavy atom. The summed E-state index contributed by atoms with van der Waals surface area (Å²) in [4.78, 5) is 38.5. The van der Waals surface area contributed by atoms with E-state index in [1.807, 2.05) is 0 Å². The van der Waals surface area contributed by atoms with Crippen LogP contribution in [0.4, 0.5) is 10.8 Å². The number of nitrogens with zero attached hydrogens (tertiary/aromatic N) is 2. The number of hydrogen-bond donors (Lipinski definition) is 2. The molecule has 0 saturated carbocycles. The van der Waals surface area contributed by atoms with E-state index in [1.54, 1.807) is 4.98 Å². The lowest BCUT2D eigenvalue weighted by Gasteiger charge is -2.08. The van der Waals surface area contributed by atoms with E-state index in [4.69, 9.17) is 0 Å². The first kappa shape index (κ1) is 9.96. The molecule has 8 heteroatoms. The van der Waals surface area contributed by atoms with E-state index in [-0.39, 0.29) is 0 Å². The predicted molar refractivity (Wildman–Crippen MR) is 46.1 cm³/mol. The largest absolute Gasteiger partial charge is 0.423 e. The fourth-order valence-electron chi connectivity index (χ4n) is 0.600. The van der Waals surface area contributed by atoms with Crippen molar-refractivity contribution in [2.45, 2.75) is 0 Å². The van der Waals surface area contributed by atoms with Gasteiger partial charge < -0.3 is 9.32 Å². The molecule has 1 rings (SSSR count). The van der Waals surface area contributed by atoms with Crippen molar-refractivity contribution < 1.29 is 9.21 Å². The zero-order valence-electron chi connectivity index (χ0n) is 7.53. The van der Waals surface area contributed by atoms with Crippen LogP contribution in [0, 0.1) is 0 Å². The topological polar surface area (TPSA) is 108 Å². The van der Waals surface area contributed by atoms with Gasteiger partial charge >= 0.3 is 23.5 Å². The quantitative estimate of drug-likeness (QED) is 0.592. The van der Waals surface area contributed by atoms with Gasteiger partial charge in [0.05, 0.1) is 0 Å². The Balaban J connectivity index is 2.93. The smallest absolute Gasteiger partial charge is 0.375 e. The maximum Gasteiger partial charge on any atom is 0.423 e. The summed E-state index contributed by atoms with van der Waals surface area (Å²) in [5.41, 5.74) is -0.879. The van der Waals surface area contributed by atoms with Crippen molar-refractivity contribution in [2.75, 3.05) is 19.4 Å². The van der Waals surface area contributed by atoms with Gasteiger partial charge in [0.1, 0.15) is 0 Å². The SMILES string of the molecule is CN(C)C(=O)Nc1nc(=O)[nH]c(=O)o1. The van der Waals surface area contributed by atoms with Crippen LogP contribution in [-0.2, 0) is 0 Å². The number of aromatic amines is 1. The molecule has 0 aliphatic rings. The third kappa shape index (κ3) is 2.44. The summed E-state index contributed by atoms with van der Waals surface area (Å²) in [6, 6.07) is -0.983. The number of hydrogen-bond acceptors (Lipinski definition) is 5. The number of H-pyrrole nitrogens is 1. The molecular weight excluding hydrogens is 192 g/mol. The average Bonchev–Trinajstić information content (AvgIpc) is 2.01. The molecule has 76 valence electrons. The van der Waals surface area contributed by atoms with E-state index in [0.717, 1.165) is 0 Å². The minimum absolute atomic E-state index is 0.433. The van der Waals surface area contributed by atoms with Crippen LogP contribution in [0.25, 0.3) is 0 Å². The Hall–Kier alpha value is -2.12. The standard InChI is InChI=1S/C6H8N4O4/c1-10(2)5(12)9-4-7-3(11)8-6(13)14-4/h1-2H3,(H2,7,8,9,11,12,13). The number of carbonyl (C=O) groups excluding carboxylic acids is 1. The van der Waals surface area contributed by atoms with Crippen LogP contribution in [0.3, 0.4) is 0 Å². The molecule has 0 aliphatic heterocycles. The summed E-state index contributed by atoms with van der Waals surface area (Å²) in [6.07, 6.45) is 0. The molecule has 0 aliphatic carbocycles. The van der Waals surface area contributed by atoms with Crippen LogP contribution in [0.1, 0.15) is 0 Å². The minimum Gasteiger partial charge on any atom is -0.375 e. The number of rotatable bonds is 1. The molecule has 0 unspecified atom stereocenters. The summed E-state index contributed by atoms with van der Waals surface area (Å²) >= 11 is 0. The lowest BCUT2D eigenvalue weighted by atomic mass is 10.8. The highest BCUT2D eigenvalue weighted by Gasteiger charge is 2.07. The molecule has 14 heavy (non-hydrogen) atoms. The fourth-order valence-corrected chi connectivity index (χ4v) is 0.600. The summed E-state index contributed by atoms with van der Waals surface area (Å²) in [6.45, 7) is 0. The van der Waals surface area contributed by atoms with Gasteiger partial charge in [0, 0.05) is 14.1 Å². The molecule has 0 atom stereocenters. The Morgan fingerprint density at radius 1 is 1.50 bits per heavy atom.